The van der Waals surface area contributed by atoms with E-state index in [0.717, 1.165) is 26.8 Å². The van der Waals surface area contributed by atoms with Crippen LogP contribution in [0.25, 0.3) is 0 Å². The van der Waals surface area contributed by atoms with Gasteiger partial charge in [-0.05, 0) is 36.7 Å². The Morgan fingerprint density at radius 2 is 1.81 bits per heavy atom. The monoisotopic (exact) mass is 456 g/mol. The molecule has 2 amide bonds. The van der Waals surface area contributed by atoms with Gasteiger partial charge in [0.05, 0.1) is 16.9 Å². The summed E-state index contributed by atoms with van der Waals surface area (Å²) in [5.74, 6) is -2.59. The van der Waals surface area contributed by atoms with Gasteiger partial charge in [-0.15, -0.1) is 11.8 Å². The molecule has 4 aliphatic rings. The zero-order valence-corrected chi connectivity index (χ0v) is 18.2. The molecule has 2 aliphatic carbocycles. The summed E-state index contributed by atoms with van der Waals surface area (Å²) in [7, 11) is 0. The molecule has 0 spiro atoms. The Morgan fingerprint density at radius 1 is 1.13 bits per heavy atom. The predicted octanol–water partition coefficient (Wildman–Crippen LogP) is 2.38. The number of rotatable bonds is 3. The van der Waals surface area contributed by atoms with Gasteiger partial charge in [-0.2, -0.15) is 0 Å². The molecule has 6 rings (SSSR count). The van der Waals surface area contributed by atoms with Crippen LogP contribution in [-0.4, -0.2) is 44.1 Å². The Hall–Kier alpha value is -2.39. The number of aliphatic carboxylic acids is 1. The Bertz CT molecular complexity index is 1170. The van der Waals surface area contributed by atoms with Crippen molar-refractivity contribution in [3.63, 3.8) is 0 Å². The standard InChI is InChI=1S/C22H20N2O5S2/c1-8(21(27)28)24-19(25)14-10-7-11(15(14)20(24)26)16-13(10)12(9-5-3-2-4-6-9)17-18(30-16)23-22(29)31-17/h2-6,8,10-16H,7H2,1H3,(H,23,29)(H,27,28)/t8-,10-,11+,12+,13+,14+,15+,16-/m1/s1. The quantitative estimate of drug-likeness (QED) is 0.687. The van der Waals surface area contributed by atoms with Crippen LogP contribution >= 0.6 is 23.1 Å². The lowest BCUT2D eigenvalue weighted by Gasteiger charge is -2.43. The van der Waals surface area contributed by atoms with Crippen LogP contribution in [0.3, 0.4) is 0 Å². The molecule has 1 aromatic carbocycles. The second-order valence-electron chi connectivity index (χ2n) is 8.93. The number of thiazole rings is 1. The van der Waals surface area contributed by atoms with Crippen LogP contribution < -0.4 is 4.87 Å². The summed E-state index contributed by atoms with van der Waals surface area (Å²) < 4.78 is 0. The number of thioether (sulfide) groups is 1. The molecule has 0 unspecified atom stereocenters. The molecule has 31 heavy (non-hydrogen) atoms. The molecule has 7 nitrogen and oxygen atoms in total. The number of carboxylic acids is 1. The van der Waals surface area contributed by atoms with E-state index >= 15 is 0 Å². The number of nitrogens with zero attached hydrogens (tertiary/aromatic N) is 1. The fourth-order valence-electron chi connectivity index (χ4n) is 6.57. The minimum Gasteiger partial charge on any atom is -0.480 e. The third-order valence-corrected chi connectivity index (χ3v) is 10.2. The maximum absolute atomic E-state index is 13.3. The van der Waals surface area contributed by atoms with Crippen molar-refractivity contribution in [3.8, 4) is 0 Å². The summed E-state index contributed by atoms with van der Waals surface area (Å²) in [6, 6.07) is 8.91. The molecular weight excluding hydrogens is 436 g/mol. The smallest absolute Gasteiger partial charge is 0.326 e. The third-order valence-electron chi connectivity index (χ3n) is 7.66. The lowest BCUT2D eigenvalue weighted by molar-refractivity contribution is -0.154. The molecule has 1 saturated heterocycles. The number of benzene rings is 1. The van der Waals surface area contributed by atoms with E-state index in [-0.39, 0.29) is 45.6 Å². The number of imide groups is 1. The van der Waals surface area contributed by atoms with Crippen LogP contribution in [0, 0.1) is 29.6 Å². The summed E-state index contributed by atoms with van der Waals surface area (Å²) in [6.45, 7) is 1.40. The normalized spacial score (nSPS) is 36.3. The highest BCUT2D eigenvalue weighted by molar-refractivity contribution is 8.00. The van der Waals surface area contributed by atoms with E-state index in [1.807, 2.05) is 18.2 Å². The maximum Gasteiger partial charge on any atom is 0.326 e. The number of H-pyrrole nitrogens is 1. The van der Waals surface area contributed by atoms with E-state index in [2.05, 4.69) is 17.1 Å². The Labute approximate surface area is 185 Å². The number of likely N-dealkylation sites (tertiary alicyclic amines) is 1. The summed E-state index contributed by atoms with van der Waals surface area (Å²) in [5, 5.41) is 10.4. The van der Waals surface area contributed by atoms with Crippen molar-refractivity contribution < 1.29 is 19.5 Å². The van der Waals surface area contributed by atoms with Crippen LogP contribution in [0.2, 0.25) is 0 Å². The van der Waals surface area contributed by atoms with Crippen molar-refractivity contribution in [1.82, 2.24) is 9.88 Å². The molecule has 1 aromatic heterocycles. The van der Waals surface area contributed by atoms with Crippen LogP contribution in [0.5, 0.6) is 0 Å². The zero-order valence-electron chi connectivity index (χ0n) is 16.6. The molecule has 3 heterocycles. The van der Waals surface area contributed by atoms with E-state index in [1.165, 1.54) is 18.3 Å². The number of carboxylic acid groups (broad SMARTS) is 1. The number of fused-ring (bicyclic) bond motifs is 9. The van der Waals surface area contributed by atoms with Gasteiger partial charge in [0.15, 0.2) is 0 Å². The number of carbonyl (C=O) groups is 3. The molecule has 2 aromatic rings. The van der Waals surface area contributed by atoms with Gasteiger partial charge in [-0.3, -0.25) is 19.3 Å². The van der Waals surface area contributed by atoms with Crippen LogP contribution in [0.15, 0.2) is 40.2 Å². The first-order valence-corrected chi connectivity index (χ1v) is 12.1. The number of amides is 2. The first kappa shape index (κ1) is 19.3. The Morgan fingerprint density at radius 3 is 2.48 bits per heavy atom. The first-order valence-electron chi connectivity index (χ1n) is 10.4. The van der Waals surface area contributed by atoms with Gasteiger partial charge in [0.25, 0.3) is 0 Å². The van der Waals surface area contributed by atoms with Crippen molar-refractivity contribution in [2.75, 3.05) is 0 Å². The number of hydrogen-bond acceptors (Lipinski definition) is 6. The van der Waals surface area contributed by atoms with Crippen LogP contribution in [-0.2, 0) is 14.4 Å². The fourth-order valence-corrected chi connectivity index (χ4v) is 9.45. The first-order chi connectivity index (χ1) is 14.9. The molecule has 9 heteroatoms. The number of carbonyl (C=O) groups excluding carboxylic acids is 2. The van der Waals surface area contributed by atoms with E-state index in [1.54, 1.807) is 11.8 Å². The molecule has 0 radical (unpaired) electrons. The average molecular weight is 457 g/mol. The van der Waals surface area contributed by atoms with Gasteiger partial charge in [0, 0.05) is 16.0 Å². The van der Waals surface area contributed by atoms with Gasteiger partial charge >= 0.3 is 10.8 Å². The van der Waals surface area contributed by atoms with E-state index < -0.39 is 23.8 Å². The van der Waals surface area contributed by atoms with Crippen molar-refractivity contribution >= 4 is 40.9 Å². The maximum atomic E-state index is 13.3. The summed E-state index contributed by atoms with van der Waals surface area (Å²) in [4.78, 5) is 55.1. The SMILES string of the molecule is C[C@H](C(=O)O)N1C(=O)[C@H]2[C@@H]3C[C@@H]([C@@H]2C1=O)[C@H]1[C@H](c2ccccc2)c2sc(=O)[nH]c2S[C@H]31. The third kappa shape index (κ3) is 2.47. The molecule has 8 atom stereocenters. The second-order valence-corrected chi connectivity index (χ2v) is 11.1. The molecule has 2 N–H and O–H groups in total. The number of aromatic amines is 1. The lowest BCUT2D eigenvalue weighted by Crippen LogP contribution is -2.44. The van der Waals surface area contributed by atoms with Crippen LogP contribution in [0.1, 0.15) is 29.7 Å². The molecule has 2 saturated carbocycles. The van der Waals surface area contributed by atoms with Gasteiger partial charge in [0.1, 0.15) is 6.04 Å². The Balaban J connectivity index is 1.46. The fraction of sp³-hybridized carbons (Fsp3) is 0.455. The van der Waals surface area contributed by atoms with Gasteiger partial charge in [0.2, 0.25) is 11.8 Å². The topological polar surface area (TPSA) is 108 Å². The van der Waals surface area contributed by atoms with Gasteiger partial charge in [-0.1, -0.05) is 41.7 Å². The summed E-state index contributed by atoms with van der Waals surface area (Å²) in [5.41, 5.74) is 1.12. The zero-order chi connectivity index (χ0) is 21.6. The molecular formula is C22H20N2O5S2. The van der Waals surface area contributed by atoms with Gasteiger partial charge in [-0.25, -0.2) is 4.79 Å². The highest BCUT2D eigenvalue weighted by atomic mass is 32.2. The number of hydrogen-bond donors (Lipinski definition) is 2. The molecule has 2 aliphatic heterocycles. The highest BCUT2D eigenvalue weighted by Gasteiger charge is 2.70. The van der Waals surface area contributed by atoms with Crippen molar-refractivity contribution in [1.29, 1.82) is 0 Å². The minimum atomic E-state index is -1.16. The van der Waals surface area contributed by atoms with Crippen molar-refractivity contribution in [2.45, 2.75) is 35.6 Å². The van der Waals surface area contributed by atoms with Crippen molar-refractivity contribution in [3.05, 3.63) is 50.4 Å². The second kappa shape index (κ2) is 6.56. The average Bonchev–Trinajstić information content (AvgIpc) is 3.47. The molecule has 3 fully saturated rings. The van der Waals surface area contributed by atoms with Crippen molar-refractivity contribution in [2.24, 2.45) is 29.6 Å². The van der Waals surface area contributed by atoms with E-state index in [4.69, 9.17) is 0 Å². The molecule has 160 valence electrons. The summed E-state index contributed by atoms with van der Waals surface area (Å²) >= 11 is 2.87. The van der Waals surface area contributed by atoms with Gasteiger partial charge < -0.3 is 10.1 Å². The number of nitrogens with one attached hydrogen (secondary N) is 1. The van der Waals surface area contributed by atoms with E-state index in [0.29, 0.717) is 0 Å². The number of aromatic nitrogens is 1. The predicted molar refractivity (Wildman–Crippen MR) is 114 cm³/mol. The summed E-state index contributed by atoms with van der Waals surface area (Å²) in [6.07, 6.45) is 0.799. The Kier molecular flexibility index (Phi) is 4.08. The lowest BCUT2D eigenvalue weighted by atomic mass is 9.68. The highest BCUT2D eigenvalue weighted by Crippen LogP contribution is 2.68. The van der Waals surface area contributed by atoms with Crippen LogP contribution in [0.4, 0.5) is 0 Å². The largest absolute Gasteiger partial charge is 0.480 e. The molecule has 2 bridgehead atoms. The van der Waals surface area contributed by atoms with E-state index in [9.17, 15) is 24.3 Å². The minimum absolute atomic E-state index is 0.00352.